The highest BCUT2D eigenvalue weighted by atomic mass is 32.2. The van der Waals surface area contributed by atoms with Crippen LogP contribution in [0.15, 0.2) is 65.8 Å². The molecule has 2 aromatic carbocycles. The third-order valence-electron chi connectivity index (χ3n) is 3.62. The number of thioether (sulfide) groups is 1. The highest BCUT2D eigenvalue weighted by Gasteiger charge is 2.15. The van der Waals surface area contributed by atoms with E-state index in [1.165, 1.54) is 0 Å². The molecule has 0 aliphatic rings. The van der Waals surface area contributed by atoms with E-state index in [4.69, 9.17) is 10.5 Å². The standard InChI is InChI=1S/C19H19N3O2S/c1-2-24-19(23)16-5-3-4-6-17(16)22-12-11-21-18(22)13-25-15-9-7-14(20)8-10-15/h3-12H,2,13,20H2,1H3. The van der Waals surface area contributed by atoms with E-state index in [-0.39, 0.29) is 5.97 Å². The van der Waals surface area contributed by atoms with E-state index in [9.17, 15) is 4.79 Å². The Labute approximate surface area is 150 Å². The first-order chi connectivity index (χ1) is 12.2. The van der Waals surface area contributed by atoms with Crippen LogP contribution in [0, 0.1) is 0 Å². The lowest BCUT2D eigenvalue weighted by atomic mass is 10.1. The van der Waals surface area contributed by atoms with E-state index in [0.717, 1.165) is 22.1 Å². The summed E-state index contributed by atoms with van der Waals surface area (Å²) in [6.07, 6.45) is 3.59. The molecule has 0 spiro atoms. The smallest absolute Gasteiger partial charge is 0.340 e. The number of hydrogen-bond acceptors (Lipinski definition) is 5. The summed E-state index contributed by atoms with van der Waals surface area (Å²) < 4.78 is 7.08. The Morgan fingerprint density at radius 3 is 2.72 bits per heavy atom. The number of carbonyl (C=O) groups is 1. The Morgan fingerprint density at radius 2 is 1.96 bits per heavy atom. The summed E-state index contributed by atoms with van der Waals surface area (Å²) in [5.74, 6) is 1.20. The zero-order valence-corrected chi connectivity index (χ0v) is 14.7. The number of rotatable bonds is 6. The fraction of sp³-hybridized carbons (Fsp3) is 0.158. The second-order valence-corrected chi connectivity index (χ2v) is 6.36. The maximum Gasteiger partial charge on any atom is 0.340 e. The molecule has 6 heteroatoms. The average molecular weight is 353 g/mol. The molecular formula is C19H19N3O2S. The molecule has 2 N–H and O–H groups in total. The quantitative estimate of drug-likeness (QED) is 0.413. The lowest BCUT2D eigenvalue weighted by Crippen LogP contribution is -2.10. The van der Waals surface area contributed by atoms with Crippen molar-refractivity contribution in [3.63, 3.8) is 0 Å². The Bertz CT molecular complexity index is 859. The van der Waals surface area contributed by atoms with Gasteiger partial charge in [0, 0.05) is 23.0 Å². The number of esters is 1. The number of imidazole rings is 1. The molecule has 0 unspecified atom stereocenters. The van der Waals surface area contributed by atoms with Gasteiger partial charge < -0.3 is 15.0 Å². The largest absolute Gasteiger partial charge is 0.462 e. The van der Waals surface area contributed by atoms with E-state index >= 15 is 0 Å². The zero-order chi connectivity index (χ0) is 17.6. The molecule has 0 aliphatic carbocycles. The van der Waals surface area contributed by atoms with Crippen LogP contribution in [0.3, 0.4) is 0 Å². The van der Waals surface area contributed by atoms with Gasteiger partial charge in [-0.1, -0.05) is 12.1 Å². The van der Waals surface area contributed by atoms with E-state index in [1.807, 2.05) is 53.2 Å². The van der Waals surface area contributed by atoms with Crippen molar-refractivity contribution in [2.45, 2.75) is 17.6 Å². The number of hydrogen-bond donors (Lipinski definition) is 1. The SMILES string of the molecule is CCOC(=O)c1ccccc1-n1ccnc1CSc1ccc(N)cc1. The highest BCUT2D eigenvalue weighted by molar-refractivity contribution is 7.98. The molecule has 0 fully saturated rings. The van der Waals surface area contributed by atoms with Crippen LogP contribution in [-0.4, -0.2) is 22.1 Å². The minimum Gasteiger partial charge on any atom is -0.462 e. The number of nitrogen functional groups attached to an aromatic ring is 1. The van der Waals surface area contributed by atoms with Gasteiger partial charge in [0.15, 0.2) is 0 Å². The first-order valence-electron chi connectivity index (χ1n) is 7.96. The van der Waals surface area contributed by atoms with Gasteiger partial charge in [0.25, 0.3) is 0 Å². The van der Waals surface area contributed by atoms with Crippen LogP contribution >= 0.6 is 11.8 Å². The summed E-state index contributed by atoms with van der Waals surface area (Å²) >= 11 is 1.67. The predicted octanol–water partition coefficient (Wildman–Crippen LogP) is 3.92. The van der Waals surface area contributed by atoms with Crippen molar-refractivity contribution in [3.8, 4) is 5.69 Å². The molecule has 0 saturated heterocycles. The van der Waals surface area contributed by atoms with Gasteiger partial charge in [-0.05, 0) is 43.3 Å². The molecule has 0 amide bonds. The van der Waals surface area contributed by atoms with Crippen LogP contribution in [0.5, 0.6) is 0 Å². The van der Waals surface area contributed by atoms with Gasteiger partial charge >= 0.3 is 5.97 Å². The Balaban J connectivity index is 1.84. The zero-order valence-electron chi connectivity index (χ0n) is 13.9. The average Bonchev–Trinajstić information content (AvgIpc) is 3.10. The fourth-order valence-electron chi connectivity index (χ4n) is 2.44. The molecule has 5 nitrogen and oxygen atoms in total. The van der Waals surface area contributed by atoms with Crippen molar-refractivity contribution in [2.24, 2.45) is 0 Å². The summed E-state index contributed by atoms with van der Waals surface area (Å²) in [6, 6.07) is 15.1. The Hall–Kier alpha value is -2.73. The Morgan fingerprint density at radius 1 is 1.20 bits per heavy atom. The van der Waals surface area contributed by atoms with Crippen LogP contribution in [-0.2, 0) is 10.5 Å². The third kappa shape index (κ3) is 4.03. The topological polar surface area (TPSA) is 70.1 Å². The van der Waals surface area contributed by atoms with Crippen LogP contribution < -0.4 is 5.73 Å². The molecule has 0 radical (unpaired) electrons. The number of para-hydroxylation sites is 1. The van der Waals surface area contributed by atoms with Crippen molar-refractivity contribution < 1.29 is 9.53 Å². The number of aromatic nitrogens is 2. The first-order valence-corrected chi connectivity index (χ1v) is 8.94. The summed E-state index contributed by atoms with van der Waals surface area (Å²) in [4.78, 5) is 17.8. The Kier molecular flexibility index (Phi) is 5.40. The third-order valence-corrected chi connectivity index (χ3v) is 4.63. The molecular weight excluding hydrogens is 334 g/mol. The van der Waals surface area contributed by atoms with Gasteiger partial charge in [-0.3, -0.25) is 0 Å². The minimum atomic E-state index is -0.330. The van der Waals surface area contributed by atoms with Crippen molar-refractivity contribution in [2.75, 3.05) is 12.3 Å². The molecule has 3 aromatic rings. The van der Waals surface area contributed by atoms with Crippen molar-refractivity contribution >= 4 is 23.4 Å². The number of benzene rings is 2. The van der Waals surface area contributed by atoms with Gasteiger partial charge in [0.2, 0.25) is 0 Å². The minimum absolute atomic E-state index is 0.330. The summed E-state index contributed by atoms with van der Waals surface area (Å²) in [5, 5.41) is 0. The molecule has 0 atom stereocenters. The number of nitrogens with two attached hydrogens (primary N) is 1. The molecule has 25 heavy (non-hydrogen) atoms. The van der Waals surface area contributed by atoms with Crippen molar-refractivity contribution in [1.82, 2.24) is 9.55 Å². The monoisotopic (exact) mass is 353 g/mol. The van der Waals surface area contributed by atoms with E-state index < -0.39 is 0 Å². The normalized spacial score (nSPS) is 10.6. The number of carbonyl (C=O) groups excluding carboxylic acids is 1. The molecule has 1 heterocycles. The summed E-state index contributed by atoms with van der Waals surface area (Å²) in [7, 11) is 0. The van der Waals surface area contributed by atoms with Gasteiger partial charge in [-0.25, -0.2) is 9.78 Å². The van der Waals surface area contributed by atoms with Gasteiger partial charge in [-0.15, -0.1) is 11.8 Å². The first kappa shape index (κ1) is 17.1. The van der Waals surface area contributed by atoms with Crippen LogP contribution in [0.25, 0.3) is 5.69 Å². The molecule has 128 valence electrons. The number of anilines is 1. The van der Waals surface area contributed by atoms with Crippen molar-refractivity contribution in [3.05, 3.63) is 72.3 Å². The molecule has 0 bridgehead atoms. The maximum atomic E-state index is 12.2. The lowest BCUT2D eigenvalue weighted by molar-refractivity contribution is 0.0526. The second kappa shape index (κ2) is 7.90. The van der Waals surface area contributed by atoms with Gasteiger partial charge in [0.1, 0.15) is 5.82 Å². The molecule has 3 rings (SSSR count). The van der Waals surface area contributed by atoms with Gasteiger partial charge in [0.05, 0.1) is 23.6 Å². The number of nitrogens with zero attached hydrogens (tertiary/aromatic N) is 2. The molecule has 0 saturated carbocycles. The highest BCUT2D eigenvalue weighted by Crippen LogP contribution is 2.25. The molecule has 1 aromatic heterocycles. The summed E-state index contributed by atoms with van der Waals surface area (Å²) in [5.41, 5.74) is 7.76. The van der Waals surface area contributed by atoms with E-state index in [0.29, 0.717) is 17.9 Å². The van der Waals surface area contributed by atoms with Gasteiger partial charge in [-0.2, -0.15) is 0 Å². The van der Waals surface area contributed by atoms with Crippen LogP contribution in [0.1, 0.15) is 23.1 Å². The van der Waals surface area contributed by atoms with Crippen LogP contribution in [0.2, 0.25) is 0 Å². The van der Waals surface area contributed by atoms with E-state index in [1.54, 1.807) is 30.9 Å². The van der Waals surface area contributed by atoms with Crippen LogP contribution in [0.4, 0.5) is 5.69 Å². The summed E-state index contributed by atoms with van der Waals surface area (Å²) in [6.45, 7) is 2.14. The second-order valence-electron chi connectivity index (χ2n) is 5.31. The predicted molar refractivity (Wildman–Crippen MR) is 99.9 cm³/mol. The maximum absolute atomic E-state index is 12.2. The number of ether oxygens (including phenoxy) is 1. The van der Waals surface area contributed by atoms with Crippen molar-refractivity contribution in [1.29, 1.82) is 0 Å². The fourth-order valence-corrected chi connectivity index (χ4v) is 3.28. The van der Waals surface area contributed by atoms with E-state index in [2.05, 4.69) is 4.98 Å². The molecule has 0 aliphatic heterocycles. The lowest BCUT2D eigenvalue weighted by Gasteiger charge is -2.12.